The Kier molecular flexibility index (Phi) is 7.28. The number of anilines is 1. The zero-order valence-corrected chi connectivity index (χ0v) is 17.3. The lowest BCUT2D eigenvalue weighted by Crippen LogP contribution is -2.16. The zero-order valence-electron chi connectivity index (χ0n) is 17.3. The Hall–Kier alpha value is -2.49. The van der Waals surface area contributed by atoms with E-state index in [1.807, 2.05) is 18.2 Å². The summed E-state index contributed by atoms with van der Waals surface area (Å²) in [7, 11) is 3.23. The van der Waals surface area contributed by atoms with Gasteiger partial charge < -0.3 is 14.8 Å². The van der Waals surface area contributed by atoms with Gasteiger partial charge >= 0.3 is 0 Å². The van der Waals surface area contributed by atoms with Crippen LogP contribution >= 0.6 is 0 Å². The minimum absolute atomic E-state index is 0.0276. The highest BCUT2D eigenvalue weighted by molar-refractivity contribution is 5.92. The van der Waals surface area contributed by atoms with Gasteiger partial charge in [0.1, 0.15) is 0 Å². The van der Waals surface area contributed by atoms with E-state index in [1.54, 1.807) is 14.2 Å². The predicted molar refractivity (Wildman–Crippen MR) is 111 cm³/mol. The van der Waals surface area contributed by atoms with Crippen molar-refractivity contribution in [2.24, 2.45) is 0 Å². The van der Waals surface area contributed by atoms with E-state index in [2.05, 4.69) is 51.2 Å². The van der Waals surface area contributed by atoms with Gasteiger partial charge in [-0.15, -0.1) is 0 Å². The number of hydrogen-bond acceptors (Lipinski definition) is 3. The standard InChI is InChI=1S/C23H31NO3/c1-15(2)18-8-7-9-19(16(3)4)23(18)24-22(25)13-11-17-10-12-20(26-5)21(14-17)27-6/h7-10,12,14-16H,11,13H2,1-6H3,(H,24,25). The fourth-order valence-corrected chi connectivity index (χ4v) is 3.19. The molecular formula is C23H31NO3. The number of amides is 1. The number of ether oxygens (including phenoxy) is 2. The third-order valence-corrected chi connectivity index (χ3v) is 4.73. The van der Waals surface area contributed by atoms with E-state index in [4.69, 9.17) is 9.47 Å². The van der Waals surface area contributed by atoms with Crippen molar-refractivity contribution in [3.63, 3.8) is 0 Å². The molecule has 0 bridgehead atoms. The van der Waals surface area contributed by atoms with Crippen LogP contribution in [0, 0.1) is 0 Å². The molecule has 0 heterocycles. The third kappa shape index (κ3) is 5.25. The number of carbonyl (C=O) groups is 1. The highest BCUT2D eigenvalue weighted by Crippen LogP contribution is 2.33. The van der Waals surface area contributed by atoms with Crippen molar-refractivity contribution in [1.82, 2.24) is 0 Å². The van der Waals surface area contributed by atoms with Gasteiger partial charge in [0.15, 0.2) is 11.5 Å². The van der Waals surface area contributed by atoms with E-state index in [9.17, 15) is 4.79 Å². The summed E-state index contributed by atoms with van der Waals surface area (Å²) in [4.78, 5) is 12.6. The van der Waals surface area contributed by atoms with Crippen molar-refractivity contribution >= 4 is 11.6 Å². The molecule has 0 aliphatic heterocycles. The largest absolute Gasteiger partial charge is 0.493 e. The lowest BCUT2D eigenvalue weighted by atomic mass is 9.92. The quantitative estimate of drug-likeness (QED) is 0.666. The van der Waals surface area contributed by atoms with Crippen molar-refractivity contribution in [3.05, 3.63) is 53.1 Å². The first-order chi connectivity index (χ1) is 12.9. The molecule has 0 aliphatic carbocycles. The van der Waals surface area contributed by atoms with Crippen LogP contribution in [0.25, 0.3) is 0 Å². The molecule has 4 nitrogen and oxygen atoms in total. The number of nitrogens with one attached hydrogen (secondary N) is 1. The zero-order chi connectivity index (χ0) is 20.0. The van der Waals surface area contributed by atoms with Crippen molar-refractivity contribution in [2.75, 3.05) is 19.5 Å². The molecule has 0 radical (unpaired) electrons. The summed E-state index contributed by atoms with van der Waals surface area (Å²) in [6.07, 6.45) is 1.06. The minimum atomic E-state index is 0.0276. The van der Waals surface area contributed by atoms with E-state index in [0.29, 0.717) is 36.2 Å². The SMILES string of the molecule is COc1ccc(CCC(=O)Nc2c(C(C)C)cccc2C(C)C)cc1OC. The number of para-hydroxylation sites is 1. The Morgan fingerprint density at radius 2 is 1.52 bits per heavy atom. The maximum absolute atomic E-state index is 12.6. The average molecular weight is 370 g/mol. The fraction of sp³-hybridized carbons (Fsp3) is 0.435. The Morgan fingerprint density at radius 3 is 2.04 bits per heavy atom. The normalized spacial score (nSPS) is 11.0. The number of aryl methyl sites for hydroxylation is 1. The molecule has 2 rings (SSSR count). The van der Waals surface area contributed by atoms with Crippen molar-refractivity contribution in [3.8, 4) is 11.5 Å². The maximum Gasteiger partial charge on any atom is 0.224 e. The molecule has 0 unspecified atom stereocenters. The van der Waals surface area contributed by atoms with Gasteiger partial charge in [0.05, 0.1) is 14.2 Å². The molecule has 4 heteroatoms. The monoisotopic (exact) mass is 369 g/mol. The fourth-order valence-electron chi connectivity index (χ4n) is 3.19. The summed E-state index contributed by atoms with van der Waals surface area (Å²) in [6, 6.07) is 12.0. The number of hydrogen-bond donors (Lipinski definition) is 1. The third-order valence-electron chi connectivity index (χ3n) is 4.73. The molecule has 1 amide bonds. The van der Waals surface area contributed by atoms with Crippen LogP contribution in [-0.4, -0.2) is 20.1 Å². The number of carbonyl (C=O) groups excluding carboxylic acids is 1. The molecule has 27 heavy (non-hydrogen) atoms. The van der Waals surface area contributed by atoms with Crippen LogP contribution in [0.2, 0.25) is 0 Å². The van der Waals surface area contributed by atoms with Crippen LogP contribution in [0.1, 0.15) is 62.6 Å². The van der Waals surface area contributed by atoms with E-state index in [0.717, 1.165) is 11.3 Å². The van der Waals surface area contributed by atoms with Gasteiger partial charge in [-0.1, -0.05) is 52.0 Å². The van der Waals surface area contributed by atoms with Gasteiger partial charge in [0, 0.05) is 12.1 Å². The summed E-state index contributed by atoms with van der Waals surface area (Å²) in [5.74, 6) is 2.11. The van der Waals surface area contributed by atoms with Gasteiger partial charge in [-0.25, -0.2) is 0 Å². The Balaban J connectivity index is 2.12. The van der Waals surface area contributed by atoms with Crippen LogP contribution in [0.3, 0.4) is 0 Å². The van der Waals surface area contributed by atoms with Gasteiger partial charge in [0.25, 0.3) is 0 Å². The van der Waals surface area contributed by atoms with Crippen molar-refractivity contribution in [2.45, 2.75) is 52.4 Å². The molecule has 0 aliphatic rings. The molecule has 146 valence electrons. The molecule has 0 spiro atoms. The van der Waals surface area contributed by atoms with Crippen molar-refractivity contribution in [1.29, 1.82) is 0 Å². The van der Waals surface area contributed by atoms with Gasteiger partial charge in [-0.2, -0.15) is 0 Å². The Morgan fingerprint density at radius 1 is 0.926 bits per heavy atom. The summed E-state index contributed by atoms with van der Waals surface area (Å²) >= 11 is 0. The van der Waals surface area contributed by atoms with Crippen LogP contribution in [-0.2, 0) is 11.2 Å². The molecule has 0 fully saturated rings. The number of rotatable bonds is 8. The van der Waals surface area contributed by atoms with E-state index in [-0.39, 0.29) is 5.91 Å². The molecule has 0 saturated heterocycles. The second-order valence-electron chi connectivity index (χ2n) is 7.36. The highest BCUT2D eigenvalue weighted by Gasteiger charge is 2.16. The van der Waals surface area contributed by atoms with Gasteiger partial charge in [-0.3, -0.25) is 4.79 Å². The summed E-state index contributed by atoms with van der Waals surface area (Å²) in [5, 5.41) is 3.17. The smallest absolute Gasteiger partial charge is 0.224 e. The summed E-state index contributed by atoms with van der Waals surface area (Å²) < 4.78 is 10.6. The van der Waals surface area contributed by atoms with Gasteiger partial charge in [-0.05, 0) is 47.1 Å². The van der Waals surface area contributed by atoms with Crippen molar-refractivity contribution < 1.29 is 14.3 Å². The molecule has 0 saturated carbocycles. The lowest BCUT2D eigenvalue weighted by Gasteiger charge is -2.20. The molecule has 0 aromatic heterocycles. The summed E-state index contributed by atoms with van der Waals surface area (Å²) in [6.45, 7) is 8.61. The van der Waals surface area contributed by atoms with Crippen LogP contribution < -0.4 is 14.8 Å². The Bertz CT molecular complexity index is 755. The number of methoxy groups -OCH3 is 2. The second-order valence-corrected chi connectivity index (χ2v) is 7.36. The van der Waals surface area contributed by atoms with Gasteiger partial charge in [0.2, 0.25) is 5.91 Å². The first kappa shape index (κ1) is 20.8. The molecule has 2 aromatic rings. The summed E-state index contributed by atoms with van der Waals surface area (Å²) in [5.41, 5.74) is 4.38. The molecular weight excluding hydrogens is 338 g/mol. The highest BCUT2D eigenvalue weighted by atomic mass is 16.5. The van der Waals surface area contributed by atoms with Crippen LogP contribution in [0.4, 0.5) is 5.69 Å². The van der Waals surface area contributed by atoms with E-state index >= 15 is 0 Å². The number of benzene rings is 2. The van der Waals surface area contributed by atoms with Crippen LogP contribution in [0.5, 0.6) is 11.5 Å². The van der Waals surface area contributed by atoms with Crippen LogP contribution in [0.15, 0.2) is 36.4 Å². The topological polar surface area (TPSA) is 47.6 Å². The lowest BCUT2D eigenvalue weighted by molar-refractivity contribution is -0.116. The molecule has 2 aromatic carbocycles. The predicted octanol–water partition coefficient (Wildman–Crippen LogP) is 5.52. The first-order valence-corrected chi connectivity index (χ1v) is 9.50. The van der Waals surface area contributed by atoms with E-state index < -0.39 is 0 Å². The first-order valence-electron chi connectivity index (χ1n) is 9.50. The minimum Gasteiger partial charge on any atom is -0.493 e. The maximum atomic E-state index is 12.6. The Labute approximate surface area is 162 Å². The van der Waals surface area contributed by atoms with E-state index in [1.165, 1.54) is 11.1 Å². The average Bonchev–Trinajstić information content (AvgIpc) is 2.65. The molecule has 0 atom stereocenters. The molecule has 1 N–H and O–H groups in total. The second kappa shape index (κ2) is 9.45.